The molecule has 2 atom stereocenters. The highest BCUT2D eigenvalue weighted by Gasteiger charge is 2.27. The van der Waals surface area contributed by atoms with Gasteiger partial charge in [-0.15, -0.1) is 0 Å². The number of nitrogens with zero attached hydrogens (tertiary/aromatic N) is 1. The largest absolute Gasteiger partial charge is 0.504 e. The van der Waals surface area contributed by atoms with E-state index in [2.05, 4.69) is 19.0 Å². The van der Waals surface area contributed by atoms with Crippen LogP contribution in [0.3, 0.4) is 0 Å². The lowest BCUT2D eigenvalue weighted by Gasteiger charge is -2.33. The molecule has 0 aromatic heterocycles. The van der Waals surface area contributed by atoms with E-state index >= 15 is 0 Å². The fourth-order valence-electron chi connectivity index (χ4n) is 3.11. The third-order valence-electron chi connectivity index (χ3n) is 3.94. The predicted molar refractivity (Wildman–Crippen MR) is 73.0 cm³/mol. The van der Waals surface area contributed by atoms with Gasteiger partial charge in [-0.25, -0.2) is 0 Å². The van der Waals surface area contributed by atoms with Gasteiger partial charge in [0.05, 0.1) is 0 Å². The van der Waals surface area contributed by atoms with Crippen LogP contribution in [0.25, 0.3) is 0 Å². The van der Waals surface area contributed by atoms with Crippen molar-refractivity contribution in [3.8, 4) is 11.5 Å². The van der Waals surface area contributed by atoms with E-state index in [9.17, 15) is 10.2 Å². The summed E-state index contributed by atoms with van der Waals surface area (Å²) in [5.74, 6) is 1.13. The summed E-state index contributed by atoms with van der Waals surface area (Å²) in [5.41, 5.74) is 1.16. The molecule has 1 aromatic rings. The standard InChI is InChI=1S/C15H23NO2/c1-16(2)10-12-5-3-4-6-13(12)11-7-8-14(17)15(18)9-11/h7-9,12-13,17-18H,3-6,10H2,1-2H3. The number of phenols is 2. The summed E-state index contributed by atoms with van der Waals surface area (Å²) in [6, 6.07) is 5.29. The van der Waals surface area contributed by atoms with Gasteiger partial charge >= 0.3 is 0 Å². The Morgan fingerprint density at radius 3 is 2.50 bits per heavy atom. The summed E-state index contributed by atoms with van der Waals surface area (Å²) in [6.07, 6.45) is 5.00. The summed E-state index contributed by atoms with van der Waals surface area (Å²) >= 11 is 0. The molecular weight excluding hydrogens is 226 g/mol. The lowest BCUT2D eigenvalue weighted by Crippen LogP contribution is -2.28. The van der Waals surface area contributed by atoms with Crippen LogP contribution < -0.4 is 0 Å². The summed E-state index contributed by atoms with van der Waals surface area (Å²) in [6.45, 7) is 1.09. The normalized spacial score (nSPS) is 24.4. The Bertz CT molecular complexity index is 403. The van der Waals surface area contributed by atoms with E-state index in [1.54, 1.807) is 12.1 Å². The van der Waals surface area contributed by atoms with E-state index in [0.717, 1.165) is 12.1 Å². The van der Waals surface area contributed by atoms with E-state index < -0.39 is 0 Å². The van der Waals surface area contributed by atoms with E-state index in [4.69, 9.17) is 0 Å². The summed E-state index contributed by atoms with van der Waals surface area (Å²) in [5, 5.41) is 19.0. The van der Waals surface area contributed by atoms with Crippen LogP contribution in [0.5, 0.6) is 11.5 Å². The first-order valence-electron chi connectivity index (χ1n) is 6.74. The van der Waals surface area contributed by atoms with Crippen molar-refractivity contribution in [3.05, 3.63) is 23.8 Å². The Labute approximate surface area is 109 Å². The van der Waals surface area contributed by atoms with E-state index in [0.29, 0.717) is 11.8 Å². The molecule has 18 heavy (non-hydrogen) atoms. The van der Waals surface area contributed by atoms with Crippen molar-refractivity contribution in [2.75, 3.05) is 20.6 Å². The van der Waals surface area contributed by atoms with E-state index in [-0.39, 0.29) is 11.5 Å². The van der Waals surface area contributed by atoms with Crippen LogP contribution in [0.4, 0.5) is 0 Å². The van der Waals surface area contributed by atoms with Crippen LogP contribution in [-0.4, -0.2) is 35.8 Å². The van der Waals surface area contributed by atoms with Crippen molar-refractivity contribution < 1.29 is 10.2 Å². The van der Waals surface area contributed by atoms with Crippen LogP contribution in [0.1, 0.15) is 37.2 Å². The second-order valence-electron chi connectivity index (χ2n) is 5.66. The summed E-state index contributed by atoms with van der Waals surface area (Å²) in [7, 11) is 4.22. The van der Waals surface area contributed by atoms with Crippen molar-refractivity contribution >= 4 is 0 Å². The van der Waals surface area contributed by atoms with E-state index in [1.165, 1.54) is 25.7 Å². The second-order valence-corrected chi connectivity index (χ2v) is 5.66. The minimum atomic E-state index is -0.0290. The van der Waals surface area contributed by atoms with Gasteiger partial charge < -0.3 is 15.1 Å². The number of phenolic OH excluding ortho intramolecular Hbond substituents is 2. The molecule has 0 heterocycles. The van der Waals surface area contributed by atoms with Gasteiger partial charge in [0, 0.05) is 6.54 Å². The second kappa shape index (κ2) is 5.61. The van der Waals surface area contributed by atoms with Gasteiger partial charge in [-0.3, -0.25) is 0 Å². The van der Waals surface area contributed by atoms with E-state index in [1.807, 2.05) is 6.07 Å². The molecule has 1 aromatic carbocycles. The number of hydrogen-bond acceptors (Lipinski definition) is 3. The lowest BCUT2D eigenvalue weighted by molar-refractivity contribution is 0.233. The van der Waals surface area contributed by atoms with Crippen molar-refractivity contribution in [2.24, 2.45) is 5.92 Å². The summed E-state index contributed by atoms with van der Waals surface area (Å²) < 4.78 is 0. The molecule has 0 aliphatic heterocycles. The molecule has 0 radical (unpaired) electrons. The molecule has 3 nitrogen and oxygen atoms in total. The average molecular weight is 249 g/mol. The van der Waals surface area contributed by atoms with Gasteiger partial charge in [0.15, 0.2) is 11.5 Å². The Hall–Kier alpha value is -1.22. The predicted octanol–water partition coefficient (Wildman–Crippen LogP) is 2.93. The molecule has 0 amide bonds. The molecule has 100 valence electrons. The molecule has 1 aliphatic rings. The fraction of sp³-hybridized carbons (Fsp3) is 0.600. The zero-order chi connectivity index (χ0) is 13.1. The van der Waals surface area contributed by atoms with Crippen molar-refractivity contribution in [1.29, 1.82) is 0 Å². The van der Waals surface area contributed by atoms with Gasteiger partial charge in [0.1, 0.15) is 0 Å². The maximum Gasteiger partial charge on any atom is 0.157 e. The van der Waals surface area contributed by atoms with Crippen LogP contribution in [0.15, 0.2) is 18.2 Å². The van der Waals surface area contributed by atoms with Gasteiger partial charge in [-0.1, -0.05) is 18.9 Å². The van der Waals surface area contributed by atoms with Gasteiger partial charge in [0.2, 0.25) is 0 Å². The smallest absolute Gasteiger partial charge is 0.157 e. The highest BCUT2D eigenvalue weighted by molar-refractivity contribution is 5.42. The molecule has 0 bridgehead atoms. The first-order chi connectivity index (χ1) is 8.58. The zero-order valence-electron chi connectivity index (χ0n) is 11.3. The first kappa shape index (κ1) is 13.2. The Balaban J connectivity index is 2.19. The Kier molecular flexibility index (Phi) is 4.12. The van der Waals surface area contributed by atoms with Crippen LogP contribution in [-0.2, 0) is 0 Å². The molecule has 2 unspecified atom stereocenters. The molecule has 0 saturated heterocycles. The van der Waals surface area contributed by atoms with Crippen molar-refractivity contribution in [2.45, 2.75) is 31.6 Å². The number of aromatic hydroxyl groups is 2. The molecule has 2 rings (SSSR count). The van der Waals surface area contributed by atoms with Crippen molar-refractivity contribution in [1.82, 2.24) is 4.90 Å². The maximum atomic E-state index is 9.64. The first-order valence-corrected chi connectivity index (χ1v) is 6.74. The summed E-state index contributed by atoms with van der Waals surface area (Å²) in [4.78, 5) is 2.24. The number of hydrogen-bond donors (Lipinski definition) is 2. The molecule has 0 spiro atoms. The molecule has 3 heteroatoms. The molecule has 1 saturated carbocycles. The van der Waals surface area contributed by atoms with Crippen molar-refractivity contribution in [3.63, 3.8) is 0 Å². The maximum absolute atomic E-state index is 9.64. The minimum Gasteiger partial charge on any atom is -0.504 e. The quantitative estimate of drug-likeness (QED) is 0.809. The molecule has 2 N–H and O–H groups in total. The van der Waals surface area contributed by atoms with Crippen LogP contribution in [0, 0.1) is 5.92 Å². The molecular formula is C15H23NO2. The van der Waals surface area contributed by atoms with Crippen LogP contribution >= 0.6 is 0 Å². The average Bonchev–Trinajstić information content (AvgIpc) is 2.33. The monoisotopic (exact) mass is 249 g/mol. The number of rotatable bonds is 3. The highest BCUT2D eigenvalue weighted by Crippen LogP contribution is 2.40. The van der Waals surface area contributed by atoms with Crippen LogP contribution in [0.2, 0.25) is 0 Å². The third-order valence-corrected chi connectivity index (χ3v) is 3.94. The Morgan fingerprint density at radius 1 is 1.11 bits per heavy atom. The SMILES string of the molecule is CN(C)CC1CCCCC1c1ccc(O)c(O)c1. The van der Waals surface area contributed by atoms with Gasteiger partial charge in [-0.05, 0) is 56.5 Å². The van der Waals surface area contributed by atoms with Gasteiger partial charge in [0.25, 0.3) is 0 Å². The third kappa shape index (κ3) is 2.96. The minimum absolute atomic E-state index is 0.00155. The number of benzene rings is 1. The highest BCUT2D eigenvalue weighted by atomic mass is 16.3. The lowest BCUT2D eigenvalue weighted by atomic mass is 9.75. The zero-order valence-corrected chi connectivity index (χ0v) is 11.3. The molecule has 1 aliphatic carbocycles. The van der Waals surface area contributed by atoms with Gasteiger partial charge in [-0.2, -0.15) is 0 Å². The fourth-order valence-corrected chi connectivity index (χ4v) is 3.11. The topological polar surface area (TPSA) is 43.7 Å². The Morgan fingerprint density at radius 2 is 1.83 bits per heavy atom. The molecule has 1 fully saturated rings.